The number of halogens is 2. The lowest BCUT2D eigenvalue weighted by atomic mass is 10.0. The molecule has 0 radical (unpaired) electrons. The Bertz CT molecular complexity index is 969. The van der Waals surface area contributed by atoms with Gasteiger partial charge in [0, 0.05) is 35.9 Å². The number of amides is 3. The van der Waals surface area contributed by atoms with Crippen LogP contribution in [0, 0.1) is 0 Å². The highest BCUT2D eigenvalue weighted by Gasteiger charge is 2.40. The van der Waals surface area contributed by atoms with Gasteiger partial charge >= 0.3 is 6.03 Å². The van der Waals surface area contributed by atoms with E-state index in [0.717, 1.165) is 25.9 Å². The number of anilines is 2. The molecule has 2 aliphatic rings. The van der Waals surface area contributed by atoms with Gasteiger partial charge in [0.2, 0.25) is 5.91 Å². The van der Waals surface area contributed by atoms with Crippen LogP contribution < -0.4 is 10.6 Å². The van der Waals surface area contributed by atoms with Crippen molar-refractivity contribution in [1.29, 1.82) is 0 Å². The molecule has 2 heterocycles. The van der Waals surface area contributed by atoms with Crippen LogP contribution in [0.15, 0.2) is 42.5 Å². The van der Waals surface area contributed by atoms with Crippen molar-refractivity contribution in [1.82, 2.24) is 9.80 Å². The third-order valence-electron chi connectivity index (χ3n) is 5.91. The van der Waals surface area contributed by atoms with Crippen molar-refractivity contribution in [3.05, 3.63) is 58.6 Å². The number of carbonyl (C=O) groups is 2. The molecule has 4 rings (SSSR count). The van der Waals surface area contributed by atoms with E-state index in [9.17, 15) is 14.0 Å². The predicted octanol–water partition coefficient (Wildman–Crippen LogP) is 3.95. The molecule has 3 amide bonds. The maximum absolute atomic E-state index is 14.2. The molecule has 1 saturated heterocycles. The normalized spacial score (nSPS) is 21.3. The summed E-state index contributed by atoms with van der Waals surface area (Å²) in [6.07, 6.45) is 0.635. The number of likely N-dealkylation sites (tertiary alicyclic amines) is 1. The molecule has 0 aromatic heterocycles. The van der Waals surface area contributed by atoms with E-state index in [1.54, 1.807) is 24.3 Å². The largest absolute Gasteiger partial charge is 0.324 e. The van der Waals surface area contributed by atoms with Gasteiger partial charge in [0.05, 0.1) is 6.54 Å². The first-order valence-electron chi connectivity index (χ1n) is 10.5. The Labute approximate surface area is 186 Å². The summed E-state index contributed by atoms with van der Waals surface area (Å²) in [6.45, 7) is 1.86. The summed E-state index contributed by atoms with van der Waals surface area (Å²) >= 11 is 5.87. The Morgan fingerprint density at radius 1 is 1.00 bits per heavy atom. The third-order valence-corrected chi connectivity index (χ3v) is 6.16. The van der Waals surface area contributed by atoms with Crippen LogP contribution in [0.2, 0.25) is 5.02 Å². The van der Waals surface area contributed by atoms with Crippen LogP contribution in [-0.4, -0.2) is 60.6 Å². The lowest BCUT2D eigenvalue weighted by molar-refractivity contribution is -0.119. The summed E-state index contributed by atoms with van der Waals surface area (Å²) in [4.78, 5) is 29.2. The molecular formula is C23H26ClFN4O2. The maximum atomic E-state index is 14.2. The van der Waals surface area contributed by atoms with E-state index in [1.807, 2.05) is 18.2 Å². The molecule has 0 spiro atoms. The molecule has 2 N–H and O–H groups in total. The molecule has 0 aliphatic carbocycles. The molecule has 8 heteroatoms. The molecule has 2 aliphatic heterocycles. The summed E-state index contributed by atoms with van der Waals surface area (Å²) < 4.78 is 14.2. The number of nitrogens with zero attached hydrogens (tertiary/aromatic N) is 2. The number of rotatable bonds is 3. The molecule has 1 unspecified atom stereocenters. The Morgan fingerprint density at radius 2 is 1.68 bits per heavy atom. The van der Waals surface area contributed by atoms with Crippen LogP contribution in [0.1, 0.15) is 17.5 Å². The highest BCUT2D eigenvalue weighted by atomic mass is 35.5. The molecule has 6 nitrogen and oxygen atoms in total. The topological polar surface area (TPSA) is 64.7 Å². The lowest BCUT2D eigenvalue weighted by Gasteiger charge is -2.24. The summed E-state index contributed by atoms with van der Waals surface area (Å²) in [7, 11) is 2.10. The van der Waals surface area contributed by atoms with E-state index in [4.69, 9.17) is 11.6 Å². The summed E-state index contributed by atoms with van der Waals surface area (Å²) in [5.41, 5.74) is 3.71. The summed E-state index contributed by atoms with van der Waals surface area (Å²) in [5, 5.41) is 6.14. The second-order valence-electron chi connectivity index (χ2n) is 8.21. The second kappa shape index (κ2) is 9.24. The quantitative estimate of drug-likeness (QED) is 0.753. The van der Waals surface area contributed by atoms with Gasteiger partial charge in [-0.3, -0.25) is 4.79 Å². The fourth-order valence-electron chi connectivity index (χ4n) is 4.13. The Balaban J connectivity index is 1.44. The number of benzene rings is 2. The smallest absolute Gasteiger partial charge is 0.322 e. The van der Waals surface area contributed by atoms with E-state index in [0.29, 0.717) is 16.4 Å². The van der Waals surface area contributed by atoms with Gasteiger partial charge in [-0.05, 0) is 67.4 Å². The van der Waals surface area contributed by atoms with Crippen molar-refractivity contribution in [2.75, 3.05) is 37.3 Å². The minimum atomic E-state index is -1.24. The monoisotopic (exact) mass is 444 g/mol. The van der Waals surface area contributed by atoms with Crippen LogP contribution >= 0.6 is 11.6 Å². The first-order valence-corrected chi connectivity index (χ1v) is 10.9. The molecular weight excluding hydrogens is 419 g/mol. The maximum Gasteiger partial charge on any atom is 0.322 e. The summed E-state index contributed by atoms with van der Waals surface area (Å²) in [6, 6.07) is 11.2. The van der Waals surface area contributed by atoms with Gasteiger partial charge in [0.15, 0.2) is 0 Å². The van der Waals surface area contributed by atoms with Crippen LogP contribution in [0.4, 0.5) is 20.6 Å². The van der Waals surface area contributed by atoms with Crippen molar-refractivity contribution >= 4 is 34.9 Å². The highest BCUT2D eigenvalue weighted by Crippen LogP contribution is 2.25. The van der Waals surface area contributed by atoms with Gasteiger partial charge in [0.1, 0.15) is 12.2 Å². The number of alkyl halides is 1. The van der Waals surface area contributed by atoms with Gasteiger partial charge in [0.25, 0.3) is 0 Å². The fourth-order valence-corrected chi connectivity index (χ4v) is 4.25. The number of hydrogen-bond donors (Lipinski definition) is 2. The van der Waals surface area contributed by atoms with Gasteiger partial charge in [-0.25, -0.2) is 9.18 Å². The van der Waals surface area contributed by atoms with Crippen molar-refractivity contribution in [2.45, 2.75) is 31.5 Å². The van der Waals surface area contributed by atoms with Crippen LogP contribution in [0.25, 0.3) is 0 Å². The van der Waals surface area contributed by atoms with E-state index in [-0.39, 0.29) is 18.9 Å². The first-order chi connectivity index (χ1) is 14.9. The minimum Gasteiger partial charge on any atom is -0.324 e. The fraction of sp³-hybridized carbons (Fsp3) is 0.391. The van der Waals surface area contributed by atoms with Crippen LogP contribution in [0.5, 0.6) is 0 Å². The third kappa shape index (κ3) is 5.17. The van der Waals surface area contributed by atoms with Gasteiger partial charge < -0.3 is 20.4 Å². The highest BCUT2D eigenvalue weighted by molar-refractivity contribution is 6.30. The standard InChI is InChI=1S/C23H26ClFN4O2/c1-28-10-8-15-2-5-20(12-16(15)9-11-28)26-22(30)21-13-18(25)14-29(21)23(31)27-19-6-3-17(24)4-7-19/h2-7,12,18,21H,8-11,13-14H2,1H3,(H,26,30)(H,27,31)/t18?,21-/m1/s1. The number of carbonyl (C=O) groups excluding carboxylic acids is 2. The average Bonchev–Trinajstić information content (AvgIpc) is 3.05. The zero-order valence-corrected chi connectivity index (χ0v) is 18.2. The Kier molecular flexibility index (Phi) is 6.43. The Morgan fingerprint density at radius 3 is 2.42 bits per heavy atom. The van der Waals surface area contributed by atoms with Crippen molar-refractivity contribution in [2.24, 2.45) is 0 Å². The molecule has 0 saturated carbocycles. The molecule has 2 aromatic rings. The molecule has 1 fully saturated rings. The van der Waals surface area contributed by atoms with Gasteiger partial charge in [-0.1, -0.05) is 17.7 Å². The van der Waals surface area contributed by atoms with E-state index in [2.05, 4.69) is 22.6 Å². The second-order valence-corrected chi connectivity index (χ2v) is 8.65. The van der Waals surface area contributed by atoms with E-state index in [1.165, 1.54) is 16.0 Å². The van der Waals surface area contributed by atoms with Gasteiger partial charge in [-0.2, -0.15) is 0 Å². The SMILES string of the molecule is CN1CCc2ccc(NC(=O)[C@H]3CC(F)CN3C(=O)Nc3ccc(Cl)cc3)cc2CC1. The number of hydrogen-bond acceptors (Lipinski definition) is 3. The van der Waals surface area contributed by atoms with Crippen molar-refractivity contribution < 1.29 is 14.0 Å². The summed E-state index contributed by atoms with van der Waals surface area (Å²) in [5.74, 6) is -0.378. The zero-order chi connectivity index (χ0) is 22.0. The molecule has 0 bridgehead atoms. The molecule has 164 valence electrons. The number of nitrogens with one attached hydrogen (secondary N) is 2. The minimum absolute atomic E-state index is 0.0182. The first kappa shape index (κ1) is 21.6. The lowest BCUT2D eigenvalue weighted by Crippen LogP contribution is -2.45. The van der Waals surface area contributed by atoms with E-state index >= 15 is 0 Å². The van der Waals surface area contributed by atoms with Crippen molar-refractivity contribution in [3.8, 4) is 0 Å². The van der Waals surface area contributed by atoms with E-state index < -0.39 is 18.2 Å². The number of fused-ring (bicyclic) bond motifs is 1. The zero-order valence-electron chi connectivity index (χ0n) is 17.4. The Hall–Kier alpha value is -2.64. The van der Waals surface area contributed by atoms with Crippen LogP contribution in [-0.2, 0) is 17.6 Å². The van der Waals surface area contributed by atoms with Gasteiger partial charge in [-0.15, -0.1) is 0 Å². The van der Waals surface area contributed by atoms with Crippen molar-refractivity contribution in [3.63, 3.8) is 0 Å². The number of likely N-dealkylation sites (N-methyl/N-ethyl adjacent to an activating group) is 1. The molecule has 2 aromatic carbocycles. The predicted molar refractivity (Wildman–Crippen MR) is 120 cm³/mol. The van der Waals surface area contributed by atoms with Crippen LogP contribution in [0.3, 0.4) is 0 Å². The molecule has 2 atom stereocenters. The number of urea groups is 1. The molecule has 31 heavy (non-hydrogen) atoms. The average molecular weight is 445 g/mol.